The second kappa shape index (κ2) is 3.86. The van der Waals surface area contributed by atoms with E-state index >= 15 is 0 Å². The Bertz CT molecular complexity index is 384. The minimum absolute atomic E-state index is 0.306. The van der Waals surface area contributed by atoms with Gasteiger partial charge >= 0.3 is 0 Å². The van der Waals surface area contributed by atoms with Crippen LogP contribution in [0.25, 0.3) is 0 Å². The van der Waals surface area contributed by atoms with Crippen LogP contribution in [0.2, 0.25) is 0 Å². The molecule has 16 heavy (non-hydrogen) atoms. The summed E-state index contributed by atoms with van der Waals surface area (Å²) in [5.41, 5.74) is 2.25. The smallest absolute Gasteiger partial charge is 0.0843 e. The molecular weight excluding hydrogens is 198 g/mol. The summed E-state index contributed by atoms with van der Waals surface area (Å²) in [5.74, 6) is 0. The van der Waals surface area contributed by atoms with E-state index in [0.717, 1.165) is 32.2 Å². The van der Waals surface area contributed by atoms with Gasteiger partial charge in [0.25, 0.3) is 0 Å². The SMILES string of the molecule is OC1(C2CCCN2)CCc2ccccc2C1. The minimum atomic E-state index is -0.509. The lowest BCUT2D eigenvalue weighted by Crippen LogP contribution is -2.51. The first-order valence-electron chi connectivity index (χ1n) is 6.30. The van der Waals surface area contributed by atoms with Crippen molar-refractivity contribution in [3.05, 3.63) is 35.4 Å². The molecule has 1 aromatic rings. The highest BCUT2D eigenvalue weighted by atomic mass is 16.3. The predicted octanol–water partition coefficient (Wildman–Crippen LogP) is 1.66. The average Bonchev–Trinajstić information content (AvgIpc) is 2.83. The van der Waals surface area contributed by atoms with Crippen molar-refractivity contribution in [2.24, 2.45) is 0 Å². The molecule has 2 N–H and O–H groups in total. The van der Waals surface area contributed by atoms with Crippen molar-refractivity contribution in [2.75, 3.05) is 6.54 Å². The summed E-state index contributed by atoms with van der Waals surface area (Å²) in [7, 11) is 0. The largest absolute Gasteiger partial charge is 0.388 e. The Labute approximate surface area is 96.7 Å². The molecule has 2 atom stereocenters. The van der Waals surface area contributed by atoms with Crippen molar-refractivity contribution in [3.63, 3.8) is 0 Å². The third-order valence-electron chi connectivity index (χ3n) is 4.15. The highest BCUT2D eigenvalue weighted by Gasteiger charge is 2.40. The summed E-state index contributed by atoms with van der Waals surface area (Å²) in [4.78, 5) is 0. The molecule has 0 saturated carbocycles. The predicted molar refractivity (Wildman–Crippen MR) is 64.4 cm³/mol. The van der Waals surface area contributed by atoms with Crippen molar-refractivity contribution in [1.82, 2.24) is 5.32 Å². The van der Waals surface area contributed by atoms with Gasteiger partial charge in [-0.1, -0.05) is 24.3 Å². The molecule has 0 bridgehead atoms. The maximum atomic E-state index is 10.8. The molecule has 1 fully saturated rings. The van der Waals surface area contributed by atoms with Crippen LogP contribution < -0.4 is 5.32 Å². The Morgan fingerprint density at radius 2 is 2.06 bits per heavy atom. The fraction of sp³-hybridized carbons (Fsp3) is 0.571. The maximum absolute atomic E-state index is 10.8. The molecule has 1 aliphatic carbocycles. The monoisotopic (exact) mass is 217 g/mol. The Morgan fingerprint density at radius 1 is 1.25 bits per heavy atom. The molecule has 1 aliphatic heterocycles. The highest BCUT2D eigenvalue weighted by molar-refractivity contribution is 5.32. The first-order valence-corrected chi connectivity index (χ1v) is 6.30. The minimum Gasteiger partial charge on any atom is -0.388 e. The number of hydrogen-bond donors (Lipinski definition) is 2. The summed E-state index contributed by atoms with van der Waals surface area (Å²) in [6, 6.07) is 8.83. The van der Waals surface area contributed by atoms with E-state index in [-0.39, 0.29) is 0 Å². The van der Waals surface area contributed by atoms with Gasteiger partial charge in [0, 0.05) is 12.5 Å². The molecule has 2 heteroatoms. The van der Waals surface area contributed by atoms with E-state index in [1.165, 1.54) is 17.5 Å². The third kappa shape index (κ3) is 1.66. The average molecular weight is 217 g/mol. The lowest BCUT2D eigenvalue weighted by Gasteiger charge is -2.38. The van der Waals surface area contributed by atoms with E-state index in [1.54, 1.807) is 0 Å². The van der Waals surface area contributed by atoms with Crippen molar-refractivity contribution in [1.29, 1.82) is 0 Å². The first kappa shape index (κ1) is 10.3. The molecule has 1 heterocycles. The fourth-order valence-electron chi connectivity index (χ4n) is 3.18. The molecule has 0 radical (unpaired) electrons. The zero-order valence-corrected chi connectivity index (χ0v) is 9.58. The number of nitrogens with one attached hydrogen (secondary N) is 1. The normalized spacial score (nSPS) is 33.7. The molecule has 1 saturated heterocycles. The van der Waals surface area contributed by atoms with Crippen LogP contribution in [0.15, 0.2) is 24.3 Å². The van der Waals surface area contributed by atoms with E-state index in [9.17, 15) is 5.11 Å². The molecule has 1 aromatic carbocycles. The van der Waals surface area contributed by atoms with Crippen LogP contribution in [0.4, 0.5) is 0 Å². The summed E-state index contributed by atoms with van der Waals surface area (Å²) < 4.78 is 0. The maximum Gasteiger partial charge on any atom is 0.0843 e. The summed E-state index contributed by atoms with van der Waals surface area (Å²) in [6.45, 7) is 1.06. The van der Waals surface area contributed by atoms with E-state index in [1.807, 2.05) is 0 Å². The van der Waals surface area contributed by atoms with E-state index < -0.39 is 5.60 Å². The van der Waals surface area contributed by atoms with Crippen LogP contribution in [0.5, 0.6) is 0 Å². The van der Waals surface area contributed by atoms with Crippen LogP contribution in [0.3, 0.4) is 0 Å². The van der Waals surface area contributed by atoms with Crippen molar-refractivity contribution >= 4 is 0 Å². The van der Waals surface area contributed by atoms with Crippen LogP contribution in [-0.4, -0.2) is 23.3 Å². The summed E-state index contributed by atoms with van der Waals surface area (Å²) in [5, 5.41) is 14.2. The van der Waals surface area contributed by atoms with Gasteiger partial charge in [-0.15, -0.1) is 0 Å². The van der Waals surface area contributed by atoms with Crippen molar-refractivity contribution in [2.45, 2.75) is 43.7 Å². The van der Waals surface area contributed by atoms with E-state index in [2.05, 4.69) is 29.6 Å². The molecule has 2 nitrogen and oxygen atoms in total. The Kier molecular flexibility index (Phi) is 2.49. The molecule has 2 aliphatic rings. The van der Waals surface area contributed by atoms with Gasteiger partial charge in [0.05, 0.1) is 5.60 Å². The number of aryl methyl sites for hydroxylation is 1. The molecular formula is C14H19NO. The highest BCUT2D eigenvalue weighted by Crippen LogP contribution is 2.33. The quantitative estimate of drug-likeness (QED) is 0.750. The standard InChI is InChI=1S/C14H19NO/c16-14(13-6-3-9-15-13)8-7-11-4-1-2-5-12(11)10-14/h1-2,4-5,13,15-16H,3,6-10H2. The summed E-state index contributed by atoms with van der Waals surface area (Å²) in [6.07, 6.45) is 5.07. The molecule has 0 spiro atoms. The Balaban J connectivity index is 1.85. The van der Waals surface area contributed by atoms with Gasteiger partial charge in [0.1, 0.15) is 0 Å². The number of aliphatic hydroxyl groups is 1. The van der Waals surface area contributed by atoms with Gasteiger partial charge in [-0.2, -0.15) is 0 Å². The molecule has 3 rings (SSSR count). The summed E-state index contributed by atoms with van der Waals surface area (Å²) >= 11 is 0. The lowest BCUT2D eigenvalue weighted by molar-refractivity contribution is -0.00511. The number of rotatable bonds is 1. The molecule has 0 aromatic heterocycles. The van der Waals surface area contributed by atoms with Crippen LogP contribution >= 0.6 is 0 Å². The van der Waals surface area contributed by atoms with Crippen LogP contribution in [0, 0.1) is 0 Å². The molecule has 2 unspecified atom stereocenters. The fourth-order valence-corrected chi connectivity index (χ4v) is 3.18. The zero-order chi connectivity index (χ0) is 11.0. The van der Waals surface area contributed by atoms with Gasteiger partial charge < -0.3 is 10.4 Å². The van der Waals surface area contributed by atoms with E-state index in [0.29, 0.717) is 6.04 Å². The van der Waals surface area contributed by atoms with Gasteiger partial charge in [-0.3, -0.25) is 0 Å². The number of benzene rings is 1. The molecule has 86 valence electrons. The topological polar surface area (TPSA) is 32.3 Å². The Morgan fingerprint density at radius 3 is 2.81 bits per heavy atom. The van der Waals surface area contributed by atoms with Gasteiger partial charge in [-0.05, 0) is 43.4 Å². The Hall–Kier alpha value is -0.860. The van der Waals surface area contributed by atoms with Crippen LogP contribution in [0.1, 0.15) is 30.4 Å². The second-order valence-corrected chi connectivity index (χ2v) is 5.20. The molecule has 0 amide bonds. The van der Waals surface area contributed by atoms with Crippen molar-refractivity contribution < 1.29 is 5.11 Å². The number of hydrogen-bond acceptors (Lipinski definition) is 2. The van der Waals surface area contributed by atoms with Crippen LogP contribution in [-0.2, 0) is 12.8 Å². The van der Waals surface area contributed by atoms with Crippen molar-refractivity contribution in [3.8, 4) is 0 Å². The second-order valence-electron chi connectivity index (χ2n) is 5.20. The van der Waals surface area contributed by atoms with E-state index in [4.69, 9.17) is 0 Å². The van der Waals surface area contributed by atoms with Gasteiger partial charge in [0.2, 0.25) is 0 Å². The van der Waals surface area contributed by atoms with Gasteiger partial charge in [0.15, 0.2) is 0 Å². The number of fused-ring (bicyclic) bond motifs is 1. The van der Waals surface area contributed by atoms with Gasteiger partial charge in [-0.25, -0.2) is 0 Å². The third-order valence-corrected chi connectivity index (χ3v) is 4.15. The first-order chi connectivity index (χ1) is 7.78. The lowest BCUT2D eigenvalue weighted by atomic mass is 9.76. The zero-order valence-electron chi connectivity index (χ0n) is 9.58.